The predicted octanol–water partition coefficient (Wildman–Crippen LogP) is 5.94. The van der Waals surface area contributed by atoms with Gasteiger partial charge in [0, 0.05) is 38.5 Å². The van der Waals surface area contributed by atoms with Crippen LogP contribution in [0.15, 0.2) is 0 Å². The van der Waals surface area contributed by atoms with Gasteiger partial charge >= 0.3 is 11.9 Å². The van der Waals surface area contributed by atoms with Gasteiger partial charge in [-0.15, -0.1) is 0 Å². The van der Waals surface area contributed by atoms with Crippen LogP contribution in [0.4, 0.5) is 0 Å². The smallest absolute Gasteiger partial charge is 0.302 e. The van der Waals surface area contributed by atoms with Gasteiger partial charge in [-0.1, -0.05) is 34.1 Å². The summed E-state index contributed by atoms with van der Waals surface area (Å²) >= 11 is 0. The zero-order valence-corrected chi connectivity index (χ0v) is 23.8. The molecule has 10 atom stereocenters. The van der Waals surface area contributed by atoms with Gasteiger partial charge < -0.3 is 9.47 Å². The average Bonchev–Trinajstić information content (AvgIpc) is 3.08. The van der Waals surface area contributed by atoms with Crippen molar-refractivity contribution in [1.29, 1.82) is 0 Å². The molecule has 0 heterocycles. The molecule has 4 fully saturated rings. The molecule has 4 aliphatic rings. The van der Waals surface area contributed by atoms with Crippen molar-refractivity contribution in [2.45, 2.75) is 112 Å². The number of ketones is 2. The maximum absolute atomic E-state index is 13.7. The van der Waals surface area contributed by atoms with E-state index < -0.39 is 0 Å². The highest BCUT2D eigenvalue weighted by atomic mass is 16.5. The van der Waals surface area contributed by atoms with Crippen molar-refractivity contribution in [1.82, 2.24) is 0 Å². The molecule has 6 heteroatoms. The lowest BCUT2D eigenvalue weighted by Gasteiger charge is -2.60. The summed E-state index contributed by atoms with van der Waals surface area (Å²) in [7, 11) is 0. The molecule has 0 aromatic heterocycles. The standard InChI is InChI=1S/C31H48O6/c1-18(17-36-20(3)32)8-7-9-19(2)29-27(35)16-25-28-24(11-13-31(25,29)6)30(5)12-10-23(37-21(4)33)14-22(30)15-26(28)34/h18-19,22-25,28-29H,7-17H2,1-6H3/t18?,19-,22+,23+,24+,25+,28-,29+,30+,31+/m1/s1. The van der Waals surface area contributed by atoms with Gasteiger partial charge in [0.05, 0.1) is 6.61 Å². The molecule has 0 bridgehead atoms. The second-order valence-corrected chi connectivity index (χ2v) is 13.6. The molecule has 0 aromatic carbocycles. The Morgan fingerprint density at radius 3 is 2.30 bits per heavy atom. The molecule has 0 saturated heterocycles. The molecule has 0 amide bonds. The third kappa shape index (κ3) is 5.41. The second kappa shape index (κ2) is 10.8. The van der Waals surface area contributed by atoms with Crippen LogP contribution in [-0.4, -0.2) is 36.2 Å². The van der Waals surface area contributed by atoms with Crippen LogP contribution in [0.5, 0.6) is 0 Å². The molecule has 1 unspecified atom stereocenters. The minimum Gasteiger partial charge on any atom is -0.466 e. The van der Waals surface area contributed by atoms with E-state index in [1.807, 2.05) is 0 Å². The van der Waals surface area contributed by atoms with E-state index in [0.29, 0.717) is 48.8 Å². The third-order valence-corrected chi connectivity index (χ3v) is 11.2. The number of rotatable bonds is 8. The normalized spacial score (nSPS) is 40.7. The minimum atomic E-state index is -0.235. The maximum atomic E-state index is 13.7. The van der Waals surface area contributed by atoms with Crippen molar-refractivity contribution in [2.24, 2.45) is 52.3 Å². The molecule has 0 radical (unpaired) electrons. The van der Waals surface area contributed by atoms with Gasteiger partial charge in [0.15, 0.2) is 0 Å². The maximum Gasteiger partial charge on any atom is 0.302 e. The fourth-order valence-corrected chi connectivity index (χ4v) is 9.34. The summed E-state index contributed by atoms with van der Waals surface area (Å²) in [6.45, 7) is 12.4. The van der Waals surface area contributed by atoms with Gasteiger partial charge in [-0.2, -0.15) is 0 Å². The van der Waals surface area contributed by atoms with Gasteiger partial charge in [0.2, 0.25) is 0 Å². The van der Waals surface area contributed by atoms with Gasteiger partial charge in [0.1, 0.15) is 17.7 Å². The Hall–Kier alpha value is -1.72. The quantitative estimate of drug-likeness (QED) is 0.371. The first-order valence-electron chi connectivity index (χ1n) is 14.7. The van der Waals surface area contributed by atoms with Crippen LogP contribution in [0.3, 0.4) is 0 Å². The van der Waals surface area contributed by atoms with E-state index in [2.05, 4.69) is 27.7 Å². The zero-order chi connectivity index (χ0) is 27.1. The van der Waals surface area contributed by atoms with Gasteiger partial charge in [-0.25, -0.2) is 0 Å². The number of Topliss-reactive ketones (excluding diaryl/α,β-unsaturated/α-hetero) is 2. The third-order valence-electron chi connectivity index (χ3n) is 11.2. The lowest BCUT2D eigenvalue weighted by atomic mass is 9.44. The Bertz CT molecular complexity index is 911. The average molecular weight is 517 g/mol. The molecule has 0 aromatic rings. The number of hydrogen-bond acceptors (Lipinski definition) is 6. The van der Waals surface area contributed by atoms with Crippen LogP contribution in [-0.2, 0) is 28.7 Å². The summed E-state index contributed by atoms with van der Waals surface area (Å²) in [5.74, 6) is 1.65. The lowest BCUT2D eigenvalue weighted by molar-refractivity contribution is -0.168. The largest absolute Gasteiger partial charge is 0.466 e. The number of esters is 2. The van der Waals surface area contributed by atoms with Crippen LogP contribution in [0, 0.1) is 52.3 Å². The first kappa shape index (κ1) is 28.3. The molecular formula is C31H48O6. The molecule has 4 rings (SSSR count). The van der Waals surface area contributed by atoms with E-state index in [0.717, 1.165) is 51.4 Å². The van der Waals surface area contributed by atoms with Crippen LogP contribution in [0.2, 0.25) is 0 Å². The van der Waals surface area contributed by atoms with E-state index in [9.17, 15) is 19.2 Å². The number of ether oxygens (including phenoxy) is 2. The number of hydrogen-bond donors (Lipinski definition) is 0. The molecule has 208 valence electrons. The Kier molecular flexibility index (Phi) is 8.26. The van der Waals surface area contributed by atoms with E-state index in [-0.39, 0.29) is 52.5 Å². The fraction of sp³-hybridized carbons (Fsp3) is 0.871. The summed E-state index contributed by atoms with van der Waals surface area (Å²) in [6, 6.07) is 0. The SMILES string of the molecule is CC(=O)OCC(C)CCC[C@@H](C)[C@H]1C(=O)C[C@H]2[C@@H]3C(=O)C[C@@H]4C[C@@H](OC(C)=O)CC[C@]4(C)[C@H]3CC[C@]12C. The monoisotopic (exact) mass is 516 g/mol. The molecule has 6 nitrogen and oxygen atoms in total. The van der Waals surface area contributed by atoms with Gasteiger partial charge in [-0.05, 0) is 85.4 Å². The number of carbonyl (C=O) groups is 4. The molecule has 0 spiro atoms. The van der Waals surface area contributed by atoms with E-state index in [4.69, 9.17) is 9.47 Å². The van der Waals surface area contributed by atoms with Crippen molar-refractivity contribution in [2.75, 3.05) is 6.61 Å². The highest BCUT2D eigenvalue weighted by Gasteiger charge is 2.65. The van der Waals surface area contributed by atoms with E-state index >= 15 is 0 Å². The molecular weight excluding hydrogens is 468 g/mol. The van der Waals surface area contributed by atoms with Crippen molar-refractivity contribution >= 4 is 23.5 Å². The van der Waals surface area contributed by atoms with Crippen LogP contribution in [0.25, 0.3) is 0 Å². The van der Waals surface area contributed by atoms with E-state index in [1.165, 1.54) is 13.8 Å². The minimum absolute atomic E-state index is 0.00447. The summed E-state index contributed by atoms with van der Waals surface area (Å²) in [4.78, 5) is 49.9. The zero-order valence-electron chi connectivity index (χ0n) is 23.8. The highest BCUT2D eigenvalue weighted by molar-refractivity contribution is 5.89. The Morgan fingerprint density at radius 1 is 0.919 bits per heavy atom. The first-order chi connectivity index (χ1) is 17.4. The Balaban J connectivity index is 1.43. The Morgan fingerprint density at radius 2 is 1.62 bits per heavy atom. The molecule has 0 aliphatic heterocycles. The highest BCUT2D eigenvalue weighted by Crippen LogP contribution is 2.67. The summed E-state index contributed by atoms with van der Waals surface area (Å²) < 4.78 is 10.7. The van der Waals surface area contributed by atoms with Crippen LogP contribution < -0.4 is 0 Å². The Labute approximate surface area is 223 Å². The van der Waals surface area contributed by atoms with Crippen molar-refractivity contribution < 1.29 is 28.7 Å². The van der Waals surface area contributed by atoms with Crippen molar-refractivity contribution in [3.63, 3.8) is 0 Å². The molecule has 4 aliphatic carbocycles. The van der Waals surface area contributed by atoms with Crippen molar-refractivity contribution in [3.8, 4) is 0 Å². The fourth-order valence-electron chi connectivity index (χ4n) is 9.34. The lowest BCUT2D eigenvalue weighted by Crippen LogP contribution is -2.57. The molecule has 37 heavy (non-hydrogen) atoms. The molecule has 4 saturated carbocycles. The topological polar surface area (TPSA) is 86.7 Å². The first-order valence-corrected chi connectivity index (χ1v) is 14.7. The van der Waals surface area contributed by atoms with Crippen molar-refractivity contribution in [3.05, 3.63) is 0 Å². The molecule has 0 N–H and O–H groups in total. The van der Waals surface area contributed by atoms with Crippen LogP contribution >= 0.6 is 0 Å². The van der Waals surface area contributed by atoms with Gasteiger partial charge in [-0.3, -0.25) is 19.2 Å². The number of carbonyl (C=O) groups excluding carboxylic acids is 4. The van der Waals surface area contributed by atoms with E-state index in [1.54, 1.807) is 0 Å². The summed E-state index contributed by atoms with van der Waals surface area (Å²) in [5, 5.41) is 0. The predicted molar refractivity (Wildman–Crippen MR) is 140 cm³/mol. The summed E-state index contributed by atoms with van der Waals surface area (Å²) in [6.07, 6.45) is 8.74. The van der Waals surface area contributed by atoms with Crippen LogP contribution in [0.1, 0.15) is 106 Å². The second-order valence-electron chi connectivity index (χ2n) is 13.6. The van der Waals surface area contributed by atoms with Gasteiger partial charge in [0.25, 0.3) is 0 Å². The summed E-state index contributed by atoms with van der Waals surface area (Å²) in [5.41, 5.74) is -0.0176. The number of fused-ring (bicyclic) bond motifs is 5.